The van der Waals surface area contributed by atoms with Gasteiger partial charge in [-0.1, -0.05) is 20.8 Å². The molecule has 0 spiro atoms. The first kappa shape index (κ1) is 16.6. The maximum absolute atomic E-state index is 5.51. The molecule has 2 rings (SSSR count). The third kappa shape index (κ3) is 4.92. The molecule has 0 aromatic rings. The first-order valence-electron chi connectivity index (χ1n) is 8.67. The van der Waals surface area contributed by atoms with Crippen molar-refractivity contribution in [3.63, 3.8) is 0 Å². The molecule has 0 bridgehead atoms. The summed E-state index contributed by atoms with van der Waals surface area (Å²) in [6.07, 6.45) is 7.98. The van der Waals surface area contributed by atoms with Gasteiger partial charge in [0.15, 0.2) is 0 Å². The first-order chi connectivity index (χ1) is 9.70. The van der Waals surface area contributed by atoms with Crippen molar-refractivity contribution in [3.05, 3.63) is 0 Å². The maximum atomic E-state index is 5.51. The third-order valence-electron chi connectivity index (χ3n) is 4.97. The van der Waals surface area contributed by atoms with Crippen molar-refractivity contribution in [2.75, 3.05) is 19.8 Å². The van der Waals surface area contributed by atoms with E-state index in [1.165, 1.54) is 45.1 Å². The Morgan fingerprint density at radius 3 is 2.55 bits per heavy atom. The van der Waals surface area contributed by atoms with Gasteiger partial charge in [-0.25, -0.2) is 0 Å². The Morgan fingerprint density at radius 2 is 1.90 bits per heavy atom. The molecule has 3 atom stereocenters. The minimum Gasteiger partial charge on any atom is -0.381 e. The van der Waals surface area contributed by atoms with E-state index >= 15 is 0 Å². The van der Waals surface area contributed by atoms with E-state index in [-0.39, 0.29) is 0 Å². The Bertz CT molecular complexity index is 266. The number of hydrogen-bond donors (Lipinski definition) is 1. The molecule has 3 heteroatoms. The van der Waals surface area contributed by atoms with Gasteiger partial charge in [-0.05, 0) is 56.9 Å². The summed E-state index contributed by atoms with van der Waals surface area (Å²) in [6.45, 7) is 10.2. The molecule has 2 nitrogen and oxygen atoms in total. The zero-order chi connectivity index (χ0) is 14.4. The van der Waals surface area contributed by atoms with E-state index in [0.717, 1.165) is 41.6 Å². The zero-order valence-electron chi connectivity index (χ0n) is 13.6. The summed E-state index contributed by atoms with van der Waals surface area (Å²) in [5.41, 5.74) is 0. The van der Waals surface area contributed by atoms with Crippen LogP contribution < -0.4 is 5.32 Å². The lowest BCUT2D eigenvalue weighted by Gasteiger charge is -2.40. The van der Waals surface area contributed by atoms with Crippen LogP contribution in [-0.2, 0) is 4.74 Å². The topological polar surface area (TPSA) is 21.3 Å². The highest BCUT2D eigenvalue weighted by Crippen LogP contribution is 2.39. The van der Waals surface area contributed by atoms with Gasteiger partial charge in [-0.15, -0.1) is 0 Å². The minimum absolute atomic E-state index is 0.748. The van der Waals surface area contributed by atoms with Gasteiger partial charge in [0.2, 0.25) is 0 Å². The highest BCUT2D eigenvalue weighted by molar-refractivity contribution is 8.00. The van der Waals surface area contributed by atoms with Crippen LogP contribution in [0.4, 0.5) is 0 Å². The second-order valence-electron chi connectivity index (χ2n) is 6.86. The standard InChI is InChI=1S/C17H33NOS/c1-4-9-18-16-6-5-14(13(2)3)12-17(16)20-15-7-10-19-11-8-15/h13-18H,4-12H2,1-3H3. The molecule has 1 aliphatic heterocycles. The van der Waals surface area contributed by atoms with E-state index in [0.29, 0.717) is 0 Å². The van der Waals surface area contributed by atoms with Crippen LogP contribution in [-0.4, -0.2) is 36.3 Å². The van der Waals surface area contributed by atoms with Gasteiger partial charge in [0.1, 0.15) is 0 Å². The Morgan fingerprint density at radius 1 is 1.15 bits per heavy atom. The smallest absolute Gasteiger partial charge is 0.0476 e. The summed E-state index contributed by atoms with van der Waals surface area (Å²) >= 11 is 2.28. The molecular weight excluding hydrogens is 266 g/mol. The number of thioether (sulfide) groups is 1. The Balaban J connectivity index is 1.89. The Kier molecular flexibility index (Phi) is 7.20. The molecule has 3 unspecified atom stereocenters. The monoisotopic (exact) mass is 299 g/mol. The van der Waals surface area contributed by atoms with Gasteiger partial charge in [0.05, 0.1) is 0 Å². The fourth-order valence-corrected chi connectivity index (χ4v) is 5.28. The van der Waals surface area contributed by atoms with E-state index in [1.807, 2.05) is 0 Å². The highest BCUT2D eigenvalue weighted by atomic mass is 32.2. The van der Waals surface area contributed by atoms with E-state index in [9.17, 15) is 0 Å². The van der Waals surface area contributed by atoms with Crippen molar-refractivity contribution >= 4 is 11.8 Å². The lowest BCUT2D eigenvalue weighted by Crippen LogP contribution is -2.44. The van der Waals surface area contributed by atoms with Crippen molar-refractivity contribution < 1.29 is 4.74 Å². The van der Waals surface area contributed by atoms with Crippen molar-refractivity contribution in [3.8, 4) is 0 Å². The molecule has 2 aliphatic rings. The predicted molar refractivity (Wildman–Crippen MR) is 89.5 cm³/mol. The van der Waals surface area contributed by atoms with Crippen LogP contribution in [0.2, 0.25) is 0 Å². The molecule has 20 heavy (non-hydrogen) atoms. The summed E-state index contributed by atoms with van der Waals surface area (Å²) in [5.74, 6) is 1.78. The number of rotatable bonds is 6. The Labute approximate surface area is 129 Å². The lowest BCUT2D eigenvalue weighted by atomic mass is 9.79. The second-order valence-corrected chi connectivity index (χ2v) is 8.41. The largest absolute Gasteiger partial charge is 0.381 e. The molecule has 0 aromatic heterocycles. The van der Waals surface area contributed by atoms with Gasteiger partial charge in [0.25, 0.3) is 0 Å². The summed E-state index contributed by atoms with van der Waals surface area (Å²) in [5, 5.41) is 5.48. The summed E-state index contributed by atoms with van der Waals surface area (Å²) < 4.78 is 5.51. The second kappa shape index (κ2) is 8.65. The number of hydrogen-bond acceptors (Lipinski definition) is 3. The first-order valence-corrected chi connectivity index (χ1v) is 9.61. The van der Waals surface area contributed by atoms with Crippen LogP contribution in [0, 0.1) is 11.8 Å². The maximum Gasteiger partial charge on any atom is 0.0476 e. The fraction of sp³-hybridized carbons (Fsp3) is 1.00. The molecule has 0 amide bonds. The average molecular weight is 300 g/mol. The summed E-state index contributed by atoms with van der Waals surface area (Å²) in [4.78, 5) is 0. The molecule has 1 saturated carbocycles. The van der Waals surface area contributed by atoms with E-state index < -0.39 is 0 Å². The van der Waals surface area contributed by atoms with Crippen LogP contribution in [0.1, 0.15) is 59.3 Å². The fourth-order valence-electron chi connectivity index (χ4n) is 3.54. The van der Waals surface area contributed by atoms with E-state index in [1.54, 1.807) is 0 Å². The van der Waals surface area contributed by atoms with Crippen LogP contribution >= 0.6 is 11.8 Å². The molecule has 1 saturated heterocycles. The van der Waals surface area contributed by atoms with Crippen LogP contribution in [0.15, 0.2) is 0 Å². The minimum atomic E-state index is 0.748. The van der Waals surface area contributed by atoms with Crippen LogP contribution in [0.3, 0.4) is 0 Å². The molecule has 0 aromatic carbocycles. The molecule has 0 radical (unpaired) electrons. The zero-order valence-corrected chi connectivity index (χ0v) is 14.4. The lowest BCUT2D eigenvalue weighted by molar-refractivity contribution is 0.0997. The number of nitrogens with one attached hydrogen (secondary N) is 1. The number of ether oxygens (including phenoxy) is 1. The summed E-state index contributed by atoms with van der Waals surface area (Å²) in [7, 11) is 0. The van der Waals surface area contributed by atoms with Crippen molar-refractivity contribution in [2.24, 2.45) is 11.8 Å². The van der Waals surface area contributed by atoms with E-state index in [4.69, 9.17) is 4.74 Å². The quantitative estimate of drug-likeness (QED) is 0.798. The van der Waals surface area contributed by atoms with Gasteiger partial charge in [-0.2, -0.15) is 11.8 Å². The molecular formula is C17H33NOS. The molecule has 1 aliphatic carbocycles. The third-order valence-corrected chi connectivity index (χ3v) is 6.69. The van der Waals surface area contributed by atoms with Gasteiger partial charge < -0.3 is 10.1 Å². The predicted octanol–water partition coefficient (Wildman–Crippen LogP) is 4.09. The molecule has 2 fully saturated rings. The van der Waals surface area contributed by atoms with Crippen molar-refractivity contribution in [1.82, 2.24) is 5.32 Å². The molecule has 1 heterocycles. The highest BCUT2D eigenvalue weighted by Gasteiger charge is 2.33. The molecule has 118 valence electrons. The van der Waals surface area contributed by atoms with E-state index in [2.05, 4.69) is 37.8 Å². The summed E-state index contributed by atoms with van der Waals surface area (Å²) in [6, 6.07) is 0.748. The van der Waals surface area contributed by atoms with Crippen molar-refractivity contribution in [2.45, 2.75) is 75.8 Å². The van der Waals surface area contributed by atoms with Gasteiger partial charge in [0, 0.05) is 29.8 Å². The van der Waals surface area contributed by atoms with Crippen molar-refractivity contribution in [1.29, 1.82) is 0 Å². The van der Waals surface area contributed by atoms with Crippen LogP contribution in [0.5, 0.6) is 0 Å². The van der Waals surface area contributed by atoms with Gasteiger partial charge >= 0.3 is 0 Å². The van der Waals surface area contributed by atoms with Crippen LogP contribution in [0.25, 0.3) is 0 Å². The SMILES string of the molecule is CCCNC1CCC(C(C)C)CC1SC1CCOCC1. The van der Waals surface area contributed by atoms with Gasteiger partial charge in [-0.3, -0.25) is 0 Å². The average Bonchev–Trinajstić information content (AvgIpc) is 2.47. The molecule has 1 N–H and O–H groups in total. The Hall–Kier alpha value is 0.270. The normalized spacial score (nSPS) is 32.7.